The van der Waals surface area contributed by atoms with Gasteiger partial charge in [0, 0.05) is 23.8 Å². The Morgan fingerprint density at radius 1 is 1.15 bits per heavy atom. The summed E-state index contributed by atoms with van der Waals surface area (Å²) in [6.45, 7) is 3.83. The number of benzene rings is 1. The molecule has 2 heterocycles. The summed E-state index contributed by atoms with van der Waals surface area (Å²) >= 11 is 2.81. The third-order valence-electron chi connectivity index (χ3n) is 3.46. The van der Waals surface area contributed by atoms with Gasteiger partial charge in [0.05, 0.1) is 10.7 Å². The number of thiazole rings is 2. The minimum atomic E-state index is -0.307. The van der Waals surface area contributed by atoms with Crippen LogP contribution in [0.15, 0.2) is 41.1 Å². The number of aromatic nitrogens is 2. The van der Waals surface area contributed by atoms with Gasteiger partial charge in [-0.15, -0.1) is 22.7 Å². The highest BCUT2D eigenvalue weighted by atomic mass is 32.1. The molecule has 138 valence electrons. The van der Waals surface area contributed by atoms with Crippen LogP contribution in [0.4, 0.5) is 5.13 Å². The highest BCUT2D eigenvalue weighted by Crippen LogP contribution is 2.17. The van der Waals surface area contributed by atoms with Gasteiger partial charge in [-0.25, -0.2) is 9.97 Å². The molecule has 0 atom stereocenters. The number of carbonyl (C=O) groups excluding carboxylic acids is 2. The smallest absolute Gasteiger partial charge is 0.250 e. The summed E-state index contributed by atoms with van der Waals surface area (Å²) in [4.78, 5) is 31.6. The largest absolute Gasteiger partial charge is 0.487 e. The normalized spacial score (nSPS) is 10.9. The summed E-state index contributed by atoms with van der Waals surface area (Å²) in [7, 11) is 0. The Bertz CT molecular complexity index is 974. The maximum atomic E-state index is 11.9. The van der Waals surface area contributed by atoms with Gasteiger partial charge in [-0.2, -0.15) is 0 Å². The molecule has 0 radical (unpaired) electrons. The Hall–Kier alpha value is -2.84. The van der Waals surface area contributed by atoms with E-state index in [4.69, 9.17) is 4.74 Å². The zero-order valence-electron chi connectivity index (χ0n) is 14.8. The summed E-state index contributed by atoms with van der Waals surface area (Å²) in [6.07, 6.45) is 3.12. The van der Waals surface area contributed by atoms with Gasteiger partial charge in [0.1, 0.15) is 18.1 Å². The predicted molar refractivity (Wildman–Crippen MR) is 107 cm³/mol. The lowest BCUT2D eigenvalue weighted by Gasteiger charge is -2.04. The number of hydrogen-bond acceptors (Lipinski definition) is 7. The molecule has 0 saturated carbocycles. The number of carbonyl (C=O) groups is 2. The highest BCUT2D eigenvalue weighted by molar-refractivity contribution is 7.14. The number of ether oxygens (including phenoxy) is 1. The zero-order chi connectivity index (χ0) is 19.2. The number of nitrogens with one attached hydrogen (secondary N) is 1. The number of hydrogen-bond donors (Lipinski definition) is 1. The second-order valence-electron chi connectivity index (χ2n) is 5.63. The lowest BCUT2D eigenvalue weighted by atomic mass is 10.2. The molecule has 0 aliphatic rings. The fourth-order valence-corrected chi connectivity index (χ4v) is 3.47. The molecule has 1 N–H and O–H groups in total. The Morgan fingerprint density at radius 3 is 2.56 bits per heavy atom. The summed E-state index contributed by atoms with van der Waals surface area (Å²) < 4.78 is 5.69. The van der Waals surface area contributed by atoms with E-state index in [0.717, 1.165) is 22.0 Å². The third kappa shape index (κ3) is 5.57. The SMILES string of the molecule is CC(=O)c1csc(NC(=O)/C=C/c2ccc(OCc3csc(C)n3)cc2)n1. The van der Waals surface area contributed by atoms with E-state index in [1.54, 1.807) is 22.8 Å². The molecular formula is C19H17N3O3S2. The molecule has 0 fully saturated rings. The van der Waals surface area contributed by atoms with Gasteiger partial charge in [-0.1, -0.05) is 12.1 Å². The van der Waals surface area contributed by atoms with Gasteiger partial charge in [0.15, 0.2) is 10.9 Å². The van der Waals surface area contributed by atoms with Crippen molar-refractivity contribution in [2.24, 2.45) is 0 Å². The van der Waals surface area contributed by atoms with Gasteiger partial charge >= 0.3 is 0 Å². The molecule has 27 heavy (non-hydrogen) atoms. The first-order valence-corrected chi connectivity index (χ1v) is 9.85. The second kappa shape index (κ2) is 8.70. The summed E-state index contributed by atoms with van der Waals surface area (Å²) in [5, 5.41) is 7.65. The fourth-order valence-electron chi connectivity index (χ4n) is 2.12. The van der Waals surface area contributed by atoms with E-state index in [0.29, 0.717) is 17.4 Å². The highest BCUT2D eigenvalue weighted by Gasteiger charge is 2.07. The number of nitrogens with zero attached hydrogens (tertiary/aromatic N) is 2. The average Bonchev–Trinajstić information content (AvgIpc) is 3.28. The molecule has 0 spiro atoms. The van der Waals surface area contributed by atoms with Gasteiger partial charge in [-0.05, 0) is 30.7 Å². The van der Waals surface area contributed by atoms with Gasteiger partial charge in [0.2, 0.25) is 5.91 Å². The van der Waals surface area contributed by atoms with Crippen molar-refractivity contribution >= 4 is 45.6 Å². The Morgan fingerprint density at radius 2 is 1.93 bits per heavy atom. The number of anilines is 1. The molecule has 6 nitrogen and oxygen atoms in total. The minimum Gasteiger partial charge on any atom is -0.487 e. The summed E-state index contributed by atoms with van der Waals surface area (Å²) in [5.41, 5.74) is 2.13. The van der Waals surface area contributed by atoms with E-state index in [1.807, 2.05) is 36.6 Å². The first kappa shape index (κ1) is 18.9. The van der Waals surface area contributed by atoms with Crippen LogP contribution in [0.25, 0.3) is 6.08 Å². The van der Waals surface area contributed by atoms with Gasteiger partial charge in [-0.3, -0.25) is 14.9 Å². The minimum absolute atomic E-state index is 0.130. The molecule has 2 aromatic heterocycles. The average molecular weight is 399 g/mol. The van der Waals surface area contributed by atoms with Crippen molar-refractivity contribution in [3.63, 3.8) is 0 Å². The van der Waals surface area contributed by atoms with E-state index in [1.165, 1.54) is 24.3 Å². The summed E-state index contributed by atoms with van der Waals surface area (Å²) in [5.74, 6) is 0.301. The molecule has 0 bridgehead atoms. The number of ketones is 1. The molecule has 3 aromatic rings. The van der Waals surface area contributed by atoms with Crippen LogP contribution < -0.4 is 10.1 Å². The van der Waals surface area contributed by atoms with Crippen LogP contribution in [0.1, 0.15) is 33.7 Å². The van der Waals surface area contributed by atoms with Crippen LogP contribution >= 0.6 is 22.7 Å². The van der Waals surface area contributed by atoms with Crippen molar-refractivity contribution in [3.05, 3.63) is 63.1 Å². The molecule has 0 aliphatic heterocycles. The van der Waals surface area contributed by atoms with Crippen molar-refractivity contribution in [2.45, 2.75) is 20.5 Å². The van der Waals surface area contributed by atoms with Gasteiger partial charge in [0.25, 0.3) is 0 Å². The maximum Gasteiger partial charge on any atom is 0.250 e. The van der Waals surface area contributed by atoms with Crippen molar-refractivity contribution < 1.29 is 14.3 Å². The van der Waals surface area contributed by atoms with Crippen molar-refractivity contribution in [3.8, 4) is 5.75 Å². The molecular weight excluding hydrogens is 382 g/mol. The predicted octanol–water partition coefficient (Wildman–Crippen LogP) is 4.34. The van der Waals surface area contributed by atoms with Crippen molar-refractivity contribution in [2.75, 3.05) is 5.32 Å². The van der Waals surface area contributed by atoms with Crippen LogP contribution in [-0.2, 0) is 11.4 Å². The van der Waals surface area contributed by atoms with Gasteiger partial charge < -0.3 is 4.74 Å². The van der Waals surface area contributed by atoms with Crippen LogP contribution in [-0.4, -0.2) is 21.7 Å². The number of Topliss-reactive ketones (excluding diaryl/α,β-unsaturated/α-hetero) is 1. The first-order valence-electron chi connectivity index (χ1n) is 8.09. The molecule has 0 saturated heterocycles. The van der Waals surface area contributed by atoms with Crippen LogP contribution in [0.2, 0.25) is 0 Å². The number of rotatable bonds is 7. The van der Waals surface area contributed by atoms with Crippen LogP contribution in [0.3, 0.4) is 0 Å². The lowest BCUT2D eigenvalue weighted by Crippen LogP contribution is -2.07. The molecule has 8 heteroatoms. The van der Waals surface area contributed by atoms with E-state index < -0.39 is 0 Å². The molecule has 0 unspecified atom stereocenters. The van der Waals surface area contributed by atoms with E-state index in [2.05, 4.69) is 15.3 Å². The molecule has 1 aromatic carbocycles. The van der Waals surface area contributed by atoms with E-state index in [9.17, 15) is 9.59 Å². The summed E-state index contributed by atoms with van der Waals surface area (Å²) in [6, 6.07) is 7.42. The first-order chi connectivity index (χ1) is 13.0. The quantitative estimate of drug-likeness (QED) is 0.472. The number of aryl methyl sites for hydroxylation is 1. The third-order valence-corrected chi connectivity index (χ3v) is 5.04. The Balaban J connectivity index is 1.52. The Kier molecular flexibility index (Phi) is 6.10. The topological polar surface area (TPSA) is 81.2 Å². The van der Waals surface area contributed by atoms with E-state index in [-0.39, 0.29) is 11.7 Å². The molecule has 3 rings (SSSR count). The molecule has 1 amide bonds. The second-order valence-corrected chi connectivity index (χ2v) is 7.55. The molecule has 0 aliphatic carbocycles. The van der Waals surface area contributed by atoms with Crippen molar-refractivity contribution in [1.82, 2.24) is 9.97 Å². The zero-order valence-corrected chi connectivity index (χ0v) is 16.4. The van der Waals surface area contributed by atoms with Crippen molar-refractivity contribution in [1.29, 1.82) is 0 Å². The fraction of sp³-hybridized carbons (Fsp3) is 0.158. The van der Waals surface area contributed by atoms with E-state index >= 15 is 0 Å². The Labute approximate surface area is 164 Å². The lowest BCUT2D eigenvalue weighted by molar-refractivity contribution is -0.111. The van der Waals surface area contributed by atoms with Crippen LogP contribution in [0, 0.1) is 6.92 Å². The van der Waals surface area contributed by atoms with Crippen LogP contribution in [0.5, 0.6) is 5.75 Å². The number of amides is 1. The maximum absolute atomic E-state index is 11.9. The standard InChI is InChI=1S/C19H17N3O3S2/c1-12(23)17-11-27-19(21-17)22-18(24)8-5-14-3-6-16(7-4-14)25-9-15-10-26-13(2)20-15/h3-8,10-11H,9H2,1-2H3,(H,21,22,24)/b8-5+. The monoisotopic (exact) mass is 399 g/mol.